The van der Waals surface area contributed by atoms with Gasteiger partial charge in [-0.3, -0.25) is 4.79 Å². The van der Waals surface area contributed by atoms with Gasteiger partial charge in [-0.15, -0.1) is 0 Å². The Balaban J connectivity index is 1.49. The Bertz CT molecular complexity index is 1060. The van der Waals surface area contributed by atoms with Crippen molar-refractivity contribution in [3.63, 3.8) is 0 Å². The number of aromatic nitrogens is 3. The fraction of sp³-hybridized carbons (Fsp3) is 0.318. The van der Waals surface area contributed by atoms with E-state index in [0.29, 0.717) is 43.2 Å². The number of halogens is 1. The number of nitrogens with zero attached hydrogens (tertiary/aromatic N) is 3. The van der Waals surface area contributed by atoms with Crippen LogP contribution in [-0.4, -0.2) is 33.1 Å². The van der Waals surface area contributed by atoms with E-state index in [4.69, 9.17) is 11.6 Å². The average molecular weight is 411 g/mol. The summed E-state index contributed by atoms with van der Waals surface area (Å²) in [5.41, 5.74) is 1.23. The van der Waals surface area contributed by atoms with Gasteiger partial charge in [-0.2, -0.15) is 0 Å². The molecule has 0 atom stereocenters. The van der Waals surface area contributed by atoms with Crippen molar-refractivity contribution in [1.29, 1.82) is 0 Å². The predicted molar refractivity (Wildman–Crippen MR) is 114 cm³/mol. The first-order valence-corrected chi connectivity index (χ1v) is 10.2. The smallest absolute Gasteiger partial charge is 0.251 e. The van der Waals surface area contributed by atoms with E-state index in [-0.39, 0.29) is 5.56 Å². The Hall–Kier alpha value is -2.70. The van der Waals surface area contributed by atoms with Gasteiger partial charge in [0.15, 0.2) is 0 Å². The summed E-state index contributed by atoms with van der Waals surface area (Å²) in [4.78, 5) is 25.7. The van der Waals surface area contributed by atoms with Gasteiger partial charge >= 0.3 is 0 Å². The molecule has 6 nitrogen and oxygen atoms in total. The number of hydrogen-bond acceptors (Lipinski definition) is 5. The average Bonchev–Trinajstić information content (AvgIpc) is 2.74. The van der Waals surface area contributed by atoms with Crippen molar-refractivity contribution in [2.24, 2.45) is 0 Å². The largest absolute Gasteiger partial charge is 0.385 e. The highest BCUT2D eigenvalue weighted by Gasteiger charge is 2.35. The first kappa shape index (κ1) is 19.6. The molecular weight excluding hydrogens is 388 g/mol. The molecule has 3 aromatic rings. The molecule has 0 spiro atoms. The maximum absolute atomic E-state index is 11.8. The molecule has 4 rings (SSSR count). The molecular formula is C22H23ClN4O2. The number of aryl methyl sites for hydroxylation is 1. The molecule has 1 saturated heterocycles. The first-order chi connectivity index (χ1) is 14.0. The SMILES string of the molecule is CCc1cc(=O)[nH]c(-c2ccc(N3CCC(O)(c4ccccc4Cl)CC3)nc2)n1. The zero-order chi connectivity index (χ0) is 20.4. The van der Waals surface area contributed by atoms with Crippen molar-refractivity contribution in [2.45, 2.75) is 31.8 Å². The van der Waals surface area contributed by atoms with E-state index in [9.17, 15) is 9.90 Å². The van der Waals surface area contributed by atoms with Crippen LogP contribution in [0, 0.1) is 0 Å². The second-order valence-electron chi connectivity index (χ2n) is 7.34. The Kier molecular flexibility index (Phi) is 5.39. The van der Waals surface area contributed by atoms with Crippen LogP contribution in [-0.2, 0) is 12.0 Å². The van der Waals surface area contributed by atoms with Crippen molar-refractivity contribution in [3.8, 4) is 11.4 Å². The van der Waals surface area contributed by atoms with Crippen LogP contribution in [0.4, 0.5) is 5.82 Å². The van der Waals surface area contributed by atoms with E-state index < -0.39 is 5.60 Å². The summed E-state index contributed by atoms with van der Waals surface area (Å²) in [5.74, 6) is 1.36. The molecule has 2 N–H and O–H groups in total. The Morgan fingerprint density at radius 1 is 1.21 bits per heavy atom. The van der Waals surface area contributed by atoms with Gasteiger partial charge in [0.25, 0.3) is 5.56 Å². The van der Waals surface area contributed by atoms with Gasteiger partial charge in [0.2, 0.25) is 0 Å². The summed E-state index contributed by atoms with van der Waals surface area (Å²) in [7, 11) is 0. The second kappa shape index (κ2) is 7.97. The van der Waals surface area contributed by atoms with E-state index in [1.807, 2.05) is 43.3 Å². The molecule has 7 heteroatoms. The van der Waals surface area contributed by atoms with Crippen LogP contribution < -0.4 is 10.5 Å². The highest BCUT2D eigenvalue weighted by atomic mass is 35.5. The summed E-state index contributed by atoms with van der Waals surface area (Å²) < 4.78 is 0. The Morgan fingerprint density at radius 3 is 2.62 bits per heavy atom. The van der Waals surface area contributed by atoms with E-state index in [0.717, 1.165) is 22.6 Å². The van der Waals surface area contributed by atoms with Crippen molar-refractivity contribution < 1.29 is 5.11 Å². The highest BCUT2D eigenvalue weighted by molar-refractivity contribution is 6.31. The quantitative estimate of drug-likeness (QED) is 0.687. The van der Waals surface area contributed by atoms with Gasteiger partial charge < -0.3 is 15.0 Å². The van der Waals surface area contributed by atoms with Crippen LogP contribution in [0.1, 0.15) is 31.0 Å². The third-order valence-corrected chi connectivity index (χ3v) is 5.80. The van der Waals surface area contributed by atoms with Crippen LogP contribution in [0.25, 0.3) is 11.4 Å². The summed E-state index contributed by atoms with van der Waals surface area (Å²) in [6, 6.07) is 12.8. The number of aliphatic hydroxyl groups is 1. The van der Waals surface area contributed by atoms with Crippen LogP contribution >= 0.6 is 11.6 Å². The minimum absolute atomic E-state index is 0.161. The maximum atomic E-state index is 11.8. The normalized spacial score (nSPS) is 16.0. The number of hydrogen-bond donors (Lipinski definition) is 2. The lowest BCUT2D eigenvalue weighted by atomic mass is 9.84. The van der Waals surface area contributed by atoms with Gasteiger partial charge in [0.05, 0.1) is 5.60 Å². The zero-order valence-electron chi connectivity index (χ0n) is 16.2. The highest BCUT2D eigenvalue weighted by Crippen LogP contribution is 2.37. The van der Waals surface area contributed by atoms with Gasteiger partial charge in [-0.1, -0.05) is 36.7 Å². The number of H-pyrrole nitrogens is 1. The number of piperidine rings is 1. The number of anilines is 1. The van der Waals surface area contributed by atoms with E-state index in [1.165, 1.54) is 6.07 Å². The molecule has 0 radical (unpaired) electrons. The van der Waals surface area contributed by atoms with E-state index in [2.05, 4.69) is 19.9 Å². The van der Waals surface area contributed by atoms with Crippen LogP contribution in [0.5, 0.6) is 0 Å². The monoisotopic (exact) mass is 410 g/mol. The predicted octanol–water partition coefficient (Wildman–Crippen LogP) is 3.54. The fourth-order valence-electron chi connectivity index (χ4n) is 3.75. The molecule has 0 saturated carbocycles. The minimum atomic E-state index is -0.918. The standard InChI is InChI=1S/C22H23ClN4O2/c1-2-16-13-20(28)26-21(25-16)15-7-8-19(24-14-15)27-11-9-22(29,10-12-27)17-5-3-4-6-18(17)23/h3-8,13-14,29H,2,9-12H2,1H3,(H,25,26,28). The molecule has 3 heterocycles. The number of rotatable bonds is 4. The van der Waals surface area contributed by atoms with Crippen molar-refractivity contribution >= 4 is 17.4 Å². The number of aromatic amines is 1. The summed E-state index contributed by atoms with van der Waals surface area (Å²) in [6.45, 7) is 3.32. The number of nitrogens with one attached hydrogen (secondary N) is 1. The Morgan fingerprint density at radius 2 is 1.97 bits per heavy atom. The molecule has 1 aliphatic rings. The first-order valence-electron chi connectivity index (χ1n) is 9.77. The molecule has 1 fully saturated rings. The number of benzene rings is 1. The van der Waals surface area contributed by atoms with Crippen molar-refractivity contribution in [1.82, 2.24) is 15.0 Å². The molecule has 0 bridgehead atoms. The van der Waals surface area contributed by atoms with Crippen LogP contribution in [0.2, 0.25) is 5.02 Å². The lowest BCUT2D eigenvalue weighted by molar-refractivity contribution is 0.0117. The molecule has 0 unspecified atom stereocenters. The van der Waals surface area contributed by atoms with Crippen LogP contribution in [0.15, 0.2) is 53.5 Å². The molecule has 0 aliphatic carbocycles. The van der Waals surface area contributed by atoms with Gasteiger partial charge in [0.1, 0.15) is 11.6 Å². The number of pyridine rings is 1. The third-order valence-electron chi connectivity index (χ3n) is 5.47. The van der Waals surface area contributed by atoms with Gasteiger partial charge in [-0.05, 0) is 37.5 Å². The second-order valence-corrected chi connectivity index (χ2v) is 7.75. The van der Waals surface area contributed by atoms with Gasteiger partial charge in [0, 0.05) is 47.2 Å². The summed E-state index contributed by atoms with van der Waals surface area (Å²) >= 11 is 6.29. The Labute approximate surface area is 174 Å². The third kappa shape index (κ3) is 4.04. The van der Waals surface area contributed by atoms with Gasteiger partial charge in [-0.25, -0.2) is 9.97 Å². The topological polar surface area (TPSA) is 82.1 Å². The molecule has 29 heavy (non-hydrogen) atoms. The van der Waals surface area contributed by atoms with E-state index >= 15 is 0 Å². The summed E-state index contributed by atoms with van der Waals surface area (Å²) in [6.07, 6.45) is 3.58. The molecule has 2 aromatic heterocycles. The lowest BCUT2D eigenvalue weighted by Gasteiger charge is -2.39. The van der Waals surface area contributed by atoms with E-state index in [1.54, 1.807) is 6.20 Å². The summed E-state index contributed by atoms with van der Waals surface area (Å²) in [5, 5.41) is 11.7. The maximum Gasteiger partial charge on any atom is 0.251 e. The molecule has 1 aromatic carbocycles. The molecule has 1 aliphatic heterocycles. The minimum Gasteiger partial charge on any atom is -0.385 e. The lowest BCUT2D eigenvalue weighted by Crippen LogP contribution is -2.43. The van der Waals surface area contributed by atoms with Crippen molar-refractivity contribution in [2.75, 3.05) is 18.0 Å². The van der Waals surface area contributed by atoms with Crippen LogP contribution in [0.3, 0.4) is 0 Å². The van der Waals surface area contributed by atoms with Crippen molar-refractivity contribution in [3.05, 3.63) is 75.3 Å². The zero-order valence-corrected chi connectivity index (χ0v) is 17.0. The molecule has 150 valence electrons. The fourth-order valence-corrected chi connectivity index (χ4v) is 4.06. The molecule has 0 amide bonds.